The highest BCUT2D eigenvalue weighted by Gasteiger charge is 2.12. The predicted octanol–water partition coefficient (Wildman–Crippen LogP) is 2.95. The lowest BCUT2D eigenvalue weighted by molar-refractivity contribution is 0.204. The summed E-state index contributed by atoms with van der Waals surface area (Å²) in [6.07, 6.45) is 1.82. The summed E-state index contributed by atoms with van der Waals surface area (Å²) in [6.45, 7) is 6.98. The number of hydrogen-bond donors (Lipinski definition) is 0. The fourth-order valence-corrected chi connectivity index (χ4v) is 2.04. The van der Waals surface area contributed by atoms with Gasteiger partial charge in [0.2, 0.25) is 0 Å². The van der Waals surface area contributed by atoms with Gasteiger partial charge in [-0.2, -0.15) is 0 Å². The third-order valence-electron chi connectivity index (χ3n) is 2.19. The molecular weight excluding hydrogens is 268 g/mol. The van der Waals surface area contributed by atoms with E-state index in [-0.39, 0.29) is 0 Å². The van der Waals surface area contributed by atoms with Crippen molar-refractivity contribution in [1.82, 2.24) is 4.98 Å². The molecule has 1 aromatic heterocycles. The van der Waals surface area contributed by atoms with Gasteiger partial charge in [0.15, 0.2) is 0 Å². The molecule has 1 rings (SSSR count). The molecule has 0 radical (unpaired) electrons. The van der Waals surface area contributed by atoms with Gasteiger partial charge >= 0.3 is 0 Å². The second-order valence-electron chi connectivity index (χ2n) is 4.14. The van der Waals surface area contributed by atoms with E-state index in [0.717, 1.165) is 30.0 Å². The van der Waals surface area contributed by atoms with Gasteiger partial charge in [0.05, 0.1) is 11.1 Å². The lowest BCUT2D eigenvalue weighted by Gasteiger charge is -2.26. The Balaban J connectivity index is 2.78. The topological polar surface area (TPSA) is 25.4 Å². The first-order chi connectivity index (χ1) is 7.65. The lowest BCUT2D eigenvalue weighted by atomic mass is 10.2. The summed E-state index contributed by atoms with van der Waals surface area (Å²) in [4.78, 5) is 6.66. The van der Waals surface area contributed by atoms with Crippen molar-refractivity contribution in [2.75, 3.05) is 31.7 Å². The number of aromatic nitrogens is 1. The second-order valence-corrected chi connectivity index (χ2v) is 5.00. The van der Waals surface area contributed by atoms with Crippen molar-refractivity contribution in [1.29, 1.82) is 0 Å². The van der Waals surface area contributed by atoms with E-state index in [2.05, 4.69) is 39.7 Å². The van der Waals surface area contributed by atoms with Crippen LogP contribution in [0.3, 0.4) is 0 Å². The molecule has 0 saturated carbocycles. The molecule has 0 fully saturated rings. The molecular formula is C12H19BrN2O. The average molecular weight is 287 g/mol. The van der Waals surface area contributed by atoms with E-state index in [4.69, 9.17) is 4.74 Å². The first kappa shape index (κ1) is 13.5. The van der Waals surface area contributed by atoms with E-state index in [1.165, 1.54) is 0 Å². The molecule has 0 amide bonds. The minimum absolute atomic E-state index is 0.603. The standard InChI is InChI=1S/C12H19BrN2O/c1-10(2)9-15(7-8-16-3)12-11(13)5-4-6-14-12/h4-6,10H,7-9H2,1-3H3. The number of rotatable bonds is 6. The summed E-state index contributed by atoms with van der Waals surface area (Å²) in [5, 5.41) is 0. The van der Waals surface area contributed by atoms with Crippen molar-refractivity contribution in [3.8, 4) is 0 Å². The molecule has 16 heavy (non-hydrogen) atoms. The van der Waals surface area contributed by atoms with Crippen molar-refractivity contribution in [3.05, 3.63) is 22.8 Å². The van der Waals surface area contributed by atoms with E-state index in [0.29, 0.717) is 5.92 Å². The Morgan fingerprint density at radius 3 is 2.81 bits per heavy atom. The average Bonchev–Trinajstić information content (AvgIpc) is 2.24. The molecule has 0 bridgehead atoms. The smallest absolute Gasteiger partial charge is 0.142 e. The summed E-state index contributed by atoms with van der Waals surface area (Å²) >= 11 is 3.53. The third-order valence-corrected chi connectivity index (χ3v) is 2.81. The Kier molecular flexibility index (Phi) is 5.77. The van der Waals surface area contributed by atoms with Crippen LogP contribution in [0, 0.1) is 5.92 Å². The van der Waals surface area contributed by atoms with Gasteiger partial charge in [-0.3, -0.25) is 0 Å². The summed E-state index contributed by atoms with van der Waals surface area (Å²) in [6, 6.07) is 3.94. The van der Waals surface area contributed by atoms with Gasteiger partial charge in [-0.25, -0.2) is 4.98 Å². The summed E-state index contributed by atoms with van der Waals surface area (Å²) < 4.78 is 6.16. The number of nitrogens with zero attached hydrogens (tertiary/aromatic N) is 2. The van der Waals surface area contributed by atoms with E-state index < -0.39 is 0 Å². The van der Waals surface area contributed by atoms with Crippen LogP contribution in [-0.2, 0) is 4.74 Å². The van der Waals surface area contributed by atoms with Gasteiger partial charge in [-0.15, -0.1) is 0 Å². The number of hydrogen-bond acceptors (Lipinski definition) is 3. The molecule has 0 aliphatic rings. The van der Waals surface area contributed by atoms with Crippen molar-refractivity contribution < 1.29 is 4.74 Å². The molecule has 4 heteroatoms. The van der Waals surface area contributed by atoms with Gasteiger partial charge in [0.1, 0.15) is 5.82 Å². The van der Waals surface area contributed by atoms with E-state index >= 15 is 0 Å². The quantitative estimate of drug-likeness (QED) is 0.804. The minimum Gasteiger partial charge on any atom is -0.383 e. The van der Waals surface area contributed by atoms with Gasteiger partial charge < -0.3 is 9.64 Å². The van der Waals surface area contributed by atoms with Crippen LogP contribution in [0.2, 0.25) is 0 Å². The molecule has 0 atom stereocenters. The molecule has 1 aromatic rings. The van der Waals surface area contributed by atoms with Crippen LogP contribution in [0.4, 0.5) is 5.82 Å². The van der Waals surface area contributed by atoms with Crippen LogP contribution >= 0.6 is 15.9 Å². The largest absolute Gasteiger partial charge is 0.383 e. The molecule has 1 heterocycles. The minimum atomic E-state index is 0.603. The maximum absolute atomic E-state index is 5.13. The zero-order chi connectivity index (χ0) is 12.0. The van der Waals surface area contributed by atoms with Crippen LogP contribution in [0.15, 0.2) is 22.8 Å². The van der Waals surface area contributed by atoms with E-state index in [9.17, 15) is 0 Å². The van der Waals surface area contributed by atoms with Gasteiger partial charge in [-0.05, 0) is 34.0 Å². The molecule has 0 aliphatic carbocycles. The Hall–Kier alpha value is -0.610. The molecule has 3 nitrogen and oxygen atoms in total. The maximum Gasteiger partial charge on any atom is 0.142 e. The van der Waals surface area contributed by atoms with Crippen molar-refractivity contribution in [2.24, 2.45) is 5.92 Å². The molecule has 0 aromatic carbocycles. The summed E-state index contributed by atoms with van der Waals surface area (Å²) in [5.74, 6) is 1.60. The fourth-order valence-electron chi connectivity index (χ4n) is 1.54. The molecule has 0 aliphatic heterocycles. The third kappa shape index (κ3) is 4.10. The number of methoxy groups -OCH3 is 1. The van der Waals surface area contributed by atoms with E-state index in [1.54, 1.807) is 7.11 Å². The molecule has 0 unspecified atom stereocenters. The van der Waals surface area contributed by atoms with Crippen LogP contribution < -0.4 is 4.90 Å². The Morgan fingerprint density at radius 1 is 1.50 bits per heavy atom. The van der Waals surface area contributed by atoms with Gasteiger partial charge in [0, 0.05) is 26.4 Å². The highest BCUT2D eigenvalue weighted by atomic mass is 79.9. The number of anilines is 1. The van der Waals surface area contributed by atoms with Crippen LogP contribution in [-0.4, -0.2) is 31.8 Å². The Morgan fingerprint density at radius 2 is 2.25 bits per heavy atom. The maximum atomic E-state index is 5.13. The van der Waals surface area contributed by atoms with Gasteiger partial charge in [0.25, 0.3) is 0 Å². The highest BCUT2D eigenvalue weighted by Crippen LogP contribution is 2.23. The van der Waals surface area contributed by atoms with Crippen molar-refractivity contribution >= 4 is 21.7 Å². The fraction of sp³-hybridized carbons (Fsp3) is 0.583. The molecule has 0 N–H and O–H groups in total. The predicted molar refractivity (Wildman–Crippen MR) is 70.9 cm³/mol. The normalized spacial score (nSPS) is 10.8. The zero-order valence-electron chi connectivity index (χ0n) is 10.1. The Bertz CT molecular complexity index is 318. The first-order valence-electron chi connectivity index (χ1n) is 5.49. The van der Waals surface area contributed by atoms with Crippen molar-refractivity contribution in [3.63, 3.8) is 0 Å². The SMILES string of the molecule is COCCN(CC(C)C)c1ncccc1Br. The van der Waals surface area contributed by atoms with Crippen molar-refractivity contribution in [2.45, 2.75) is 13.8 Å². The molecule has 0 saturated heterocycles. The highest BCUT2D eigenvalue weighted by molar-refractivity contribution is 9.10. The molecule has 0 spiro atoms. The first-order valence-corrected chi connectivity index (χ1v) is 6.29. The number of pyridine rings is 1. The van der Waals surface area contributed by atoms with E-state index in [1.807, 2.05) is 18.3 Å². The van der Waals surface area contributed by atoms with Crippen LogP contribution in [0.5, 0.6) is 0 Å². The van der Waals surface area contributed by atoms with Crippen LogP contribution in [0.1, 0.15) is 13.8 Å². The number of halogens is 1. The molecule has 90 valence electrons. The second kappa shape index (κ2) is 6.86. The zero-order valence-corrected chi connectivity index (χ0v) is 11.7. The van der Waals surface area contributed by atoms with Gasteiger partial charge in [-0.1, -0.05) is 13.8 Å². The lowest BCUT2D eigenvalue weighted by Crippen LogP contribution is -2.31. The monoisotopic (exact) mass is 286 g/mol. The van der Waals surface area contributed by atoms with Crippen LogP contribution in [0.25, 0.3) is 0 Å². The summed E-state index contributed by atoms with van der Waals surface area (Å²) in [5.41, 5.74) is 0. The summed E-state index contributed by atoms with van der Waals surface area (Å²) in [7, 11) is 1.72. The number of ether oxygens (including phenoxy) is 1. The Labute approximate surface area is 106 Å².